The predicted molar refractivity (Wildman–Crippen MR) is 104 cm³/mol. The van der Waals surface area contributed by atoms with E-state index in [1.807, 2.05) is 4.68 Å². The first-order valence-corrected chi connectivity index (χ1v) is 8.52. The molecule has 2 aromatic heterocycles. The van der Waals surface area contributed by atoms with Crippen molar-refractivity contribution in [1.82, 2.24) is 20.0 Å². The lowest BCUT2D eigenvalue weighted by Gasteiger charge is -2.05. The summed E-state index contributed by atoms with van der Waals surface area (Å²) in [6, 6.07) is 9.39. The molecule has 0 saturated heterocycles. The molecule has 10 heteroatoms. The maximum Gasteiger partial charge on any atom is 0.270 e. The third-order valence-corrected chi connectivity index (χ3v) is 4.01. The maximum absolute atomic E-state index is 10.6. The molecule has 0 aliphatic rings. The lowest BCUT2D eigenvalue weighted by Crippen LogP contribution is -2.05. The van der Waals surface area contributed by atoms with Crippen LogP contribution in [0.1, 0.15) is 13.8 Å². The van der Waals surface area contributed by atoms with Crippen LogP contribution in [0.3, 0.4) is 0 Å². The molecule has 0 unspecified atom stereocenters. The normalized spacial score (nSPS) is 10.8. The van der Waals surface area contributed by atoms with E-state index in [0.29, 0.717) is 5.92 Å². The van der Waals surface area contributed by atoms with Crippen LogP contribution < -0.4 is 0 Å². The number of non-ortho nitro benzene ring substituents is 2. The van der Waals surface area contributed by atoms with Crippen molar-refractivity contribution in [1.29, 1.82) is 0 Å². The minimum absolute atomic E-state index is 0.0869. The highest BCUT2D eigenvalue weighted by molar-refractivity contribution is 5.81. The predicted octanol–water partition coefficient (Wildman–Crippen LogP) is 4.07. The first-order valence-electron chi connectivity index (χ1n) is 8.52. The van der Waals surface area contributed by atoms with Crippen LogP contribution in [0.25, 0.3) is 21.8 Å². The van der Waals surface area contributed by atoms with Crippen LogP contribution in [0.5, 0.6) is 0 Å². The summed E-state index contributed by atoms with van der Waals surface area (Å²) in [5.74, 6) is 0.498. The number of nitrogens with zero attached hydrogens (tertiary/aromatic N) is 5. The fourth-order valence-corrected chi connectivity index (χ4v) is 2.72. The summed E-state index contributed by atoms with van der Waals surface area (Å²) < 4.78 is 1.88. The van der Waals surface area contributed by atoms with Gasteiger partial charge in [0.2, 0.25) is 0 Å². The average Bonchev–Trinajstić information content (AvgIpc) is 3.27. The third kappa shape index (κ3) is 4.11. The number of rotatable bonds is 4. The van der Waals surface area contributed by atoms with Gasteiger partial charge in [-0.05, 0) is 18.1 Å². The second-order valence-electron chi connectivity index (χ2n) is 6.62. The highest BCUT2D eigenvalue weighted by Gasteiger charge is 2.10. The standard InChI is InChI=1S/C11H13N3O2.C7H5N3O2/c1-8(2)7-13-11-4-3-10(14(15)16)5-9(11)6-12-13;11-10(12)6-1-2-7-5(3-6)4-8-9-7/h3-6,8H,7H2,1-2H3;1-4H,(H,8,9). The van der Waals surface area contributed by atoms with E-state index in [1.54, 1.807) is 30.6 Å². The van der Waals surface area contributed by atoms with Gasteiger partial charge in [0, 0.05) is 41.6 Å². The summed E-state index contributed by atoms with van der Waals surface area (Å²) in [6.45, 7) is 5.04. The molecule has 0 aliphatic carbocycles. The average molecular weight is 382 g/mol. The van der Waals surface area contributed by atoms with E-state index < -0.39 is 4.92 Å². The molecule has 0 fully saturated rings. The smallest absolute Gasteiger partial charge is 0.270 e. The van der Waals surface area contributed by atoms with Gasteiger partial charge in [-0.1, -0.05) is 13.8 Å². The second kappa shape index (κ2) is 7.82. The molecule has 1 N–H and O–H groups in total. The summed E-state index contributed by atoms with van der Waals surface area (Å²) in [7, 11) is 0. The van der Waals surface area contributed by atoms with Crippen molar-refractivity contribution in [3.63, 3.8) is 0 Å². The summed E-state index contributed by atoms with van der Waals surface area (Å²) in [5, 5.41) is 33.2. The van der Waals surface area contributed by atoms with Crippen LogP contribution in [0.15, 0.2) is 48.8 Å². The Morgan fingerprint density at radius 2 is 1.64 bits per heavy atom. The number of hydrogen-bond acceptors (Lipinski definition) is 6. The van der Waals surface area contributed by atoms with E-state index in [-0.39, 0.29) is 16.3 Å². The van der Waals surface area contributed by atoms with Crippen LogP contribution in [0.4, 0.5) is 11.4 Å². The van der Waals surface area contributed by atoms with Gasteiger partial charge in [-0.2, -0.15) is 10.2 Å². The molecule has 2 aromatic carbocycles. The van der Waals surface area contributed by atoms with Crippen molar-refractivity contribution in [2.24, 2.45) is 5.92 Å². The van der Waals surface area contributed by atoms with Crippen molar-refractivity contribution in [3.8, 4) is 0 Å². The van der Waals surface area contributed by atoms with E-state index in [0.717, 1.165) is 28.4 Å². The molecule has 0 spiro atoms. The molecular weight excluding hydrogens is 364 g/mol. The van der Waals surface area contributed by atoms with Crippen LogP contribution in [0.2, 0.25) is 0 Å². The molecule has 0 saturated carbocycles. The van der Waals surface area contributed by atoms with E-state index in [1.165, 1.54) is 18.2 Å². The quantitative estimate of drug-likeness (QED) is 0.418. The number of nitro groups is 2. The van der Waals surface area contributed by atoms with Crippen LogP contribution >= 0.6 is 0 Å². The maximum atomic E-state index is 10.6. The molecule has 4 aromatic rings. The number of H-pyrrole nitrogens is 1. The van der Waals surface area contributed by atoms with E-state index in [4.69, 9.17) is 0 Å². The Labute approximate surface area is 159 Å². The summed E-state index contributed by atoms with van der Waals surface area (Å²) in [4.78, 5) is 20.1. The number of aromatic nitrogens is 4. The largest absolute Gasteiger partial charge is 0.278 e. The summed E-state index contributed by atoms with van der Waals surface area (Å²) in [6.07, 6.45) is 3.23. The Morgan fingerprint density at radius 3 is 2.29 bits per heavy atom. The monoisotopic (exact) mass is 382 g/mol. The van der Waals surface area contributed by atoms with Crippen molar-refractivity contribution < 1.29 is 9.85 Å². The number of benzene rings is 2. The van der Waals surface area contributed by atoms with Gasteiger partial charge in [0.05, 0.1) is 33.3 Å². The molecule has 10 nitrogen and oxygen atoms in total. The Hall–Kier alpha value is -3.82. The van der Waals surface area contributed by atoms with Gasteiger partial charge >= 0.3 is 0 Å². The molecule has 28 heavy (non-hydrogen) atoms. The molecule has 0 radical (unpaired) electrons. The molecule has 0 atom stereocenters. The number of fused-ring (bicyclic) bond motifs is 2. The Morgan fingerprint density at radius 1 is 1.00 bits per heavy atom. The van der Waals surface area contributed by atoms with Crippen molar-refractivity contribution in [3.05, 3.63) is 69.0 Å². The zero-order valence-electron chi connectivity index (χ0n) is 15.3. The first kappa shape index (κ1) is 19.0. The van der Waals surface area contributed by atoms with Gasteiger partial charge in [0.1, 0.15) is 0 Å². The van der Waals surface area contributed by atoms with E-state index in [2.05, 4.69) is 29.1 Å². The molecule has 0 aliphatic heterocycles. The third-order valence-electron chi connectivity index (χ3n) is 4.01. The number of aromatic amines is 1. The lowest BCUT2D eigenvalue weighted by molar-refractivity contribution is -0.384. The minimum atomic E-state index is -0.424. The fourth-order valence-electron chi connectivity index (χ4n) is 2.72. The molecule has 0 amide bonds. The number of hydrogen-bond donors (Lipinski definition) is 1. The Bertz CT molecular complexity index is 1150. The number of nitro benzene ring substituents is 2. The lowest BCUT2D eigenvalue weighted by atomic mass is 10.2. The molecule has 144 valence electrons. The zero-order chi connectivity index (χ0) is 20.3. The minimum Gasteiger partial charge on any atom is -0.278 e. The zero-order valence-corrected chi connectivity index (χ0v) is 15.3. The highest BCUT2D eigenvalue weighted by Crippen LogP contribution is 2.21. The summed E-state index contributed by atoms with van der Waals surface area (Å²) in [5.41, 5.74) is 1.94. The van der Waals surface area contributed by atoms with E-state index >= 15 is 0 Å². The fraction of sp³-hybridized carbons (Fsp3) is 0.222. The van der Waals surface area contributed by atoms with Gasteiger partial charge in [-0.3, -0.25) is 30.0 Å². The van der Waals surface area contributed by atoms with Crippen molar-refractivity contribution >= 4 is 33.2 Å². The summed E-state index contributed by atoms with van der Waals surface area (Å²) >= 11 is 0. The van der Waals surface area contributed by atoms with Crippen LogP contribution in [-0.2, 0) is 6.54 Å². The van der Waals surface area contributed by atoms with Gasteiger partial charge in [-0.15, -0.1) is 0 Å². The van der Waals surface area contributed by atoms with Gasteiger partial charge in [0.25, 0.3) is 11.4 Å². The van der Waals surface area contributed by atoms with E-state index in [9.17, 15) is 20.2 Å². The molecule has 4 rings (SSSR count). The molecular formula is C18H18N6O4. The van der Waals surface area contributed by atoms with Crippen LogP contribution in [0, 0.1) is 26.1 Å². The molecule has 0 bridgehead atoms. The van der Waals surface area contributed by atoms with Crippen molar-refractivity contribution in [2.75, 3.05) is 0 Å². The van der Waals surface area contributed by atoms with Gasteiger partial charge < -0.3 is 0 Å². The topological polar surface area (TPSA) is 133 Å². The van der Waals surface area contributed by atoms with Crippen molar-refractivity contribution in [2.45, 2.75) is 20.4 Å². The highest BCUT2D eigenvalue weighted by atomic mass is 16.6. The second-order valence-corrected chi connectivity index (χ2v) is 6.62. The number of nitrogens with one attached hydrogen (secondary N) is 1. The van der Waals surface area contributed by atoms with Crippen LogP contribution in [-0.4, -0.2) is 29.8 Å². The molecule has 2 heterocycles. The first-order chi connectivity index (χ1) is 13.3. The van der Waals surface area contributed by atoms with Gasteiger partial charge in [-0.25, -0.2) is 0 Å². The Kier molecular flexibility index (Phi) is 5.30. The van der Waals surface area contributed by atoms with Gasteiger partial charge in [0.15, 0.2) is 0 Å². The SMILES string of the molecule is CC(C)Cn1ncc2cc([N+](=O)[O-])ccc21.O=[N+]([O-])c1ccc2[nH]ncc2c1. The Balaban J connectivity index is 0.000000167.